The minimum atomic E-state index is -0.657. The SMILES string of the molecule is Nc1ncc([N+](=O)[O-])cc1C(=O)Nc1cc(Br)ccc1Cl. The maximum Gasteiger partial charge on any atom is 0.288 e. The number of pyridine rings is 1. The van der Waals surface area contributed by atoms with E-state index in [1.54, 1.807) is 18.2 Å². The molecule has 2 aromatic rings. The second-order valence-corrected chi connectivity index (χ2v) is 5.28. The van der Waals surface area contributed by atoms with Gasteiger partial charge in [-0.15, -0.1) is 0 Å². The Hall–Kier alpha value is -2.19. The number of nitrogens with two attached hydrogens (primary N) is 1. The third-order valence-electron chi connectivity index (χ3n) is 2.54. The highest BCUT2D eigenvalue weighted by atomic mass is 79.9. The molecule has 0 saturated heterocycles. The molecule has 0 saturated carbocycles. The van der Waals surface area contributed by atoms with Gasteiger partial charge in [0.05, 0.1) is 21.2 Å². The summed E-state index contributed by atoms with van der Waals surface area (Å²) >= 11 is 9.21. The Labute approximate surface area is 132 Å². The van der Waals surface area contributed by atoms with Gasteiger partial charge in [-0.3, -0.25) is 14.9 Å². The standard InChI is InChI=1S/C12H8BrClN4O3/c13-6-1-2-9(14)10(3-6)17-12(19)8-4-7(18(20)21)5-16-11(8)15/h1-5H,(H2,15,16)(H,17,19). The van der Waals surface area contributed by atoms with Gasteiger partial charge in [0.25, 0.3) is 11.6 Å². The molecule has 0 fully saturated rings. The average Bonchev–Trinajstić information content (AvgIpc) is 2.43. The molecule has 0 spiro atoms. The second kappa shape index (κ2) is 6.06. The highest BCUT2D eigenvalue weighted by Crippen LogP contribution is 2.27. The Morgan fingerprint density at radius 3 is 2.81 bits per heavy atom. The molecule has 1 aromatic carbocycles. The van der Waals surface area contributed by atoms with Crippen LogP contribution in [0.1, 0.15) is 10.4 Å². The number of benzene rings is 1. The Balaban J connectivity index is 2.34. The zero-order chi connectivity index (χ0) is 15.6. The summed E-state index contributed by atoms with van der Waals surface area (Å²) in [4.78, 5) is 25.8. The number of nitro groups is 1. The summed E-state index contributed by atoms with van der Waals surface area (Å²) in [5.41, 5.74) is 5.50. The molecule has 0 radical (unpaired) electrons. The highest BCUT2D eigenvalue weighted by molar-refractivity contribution is 9.10. The molecule has 2 rings (SSSR count). The van der Waals surface area contributed by atoms with Gasteiger partial charge in [0, 0.05) is 10.5 Å². The molecule has 0 bridgehead atoms. The van der Waals surface area contributed by atoms with Crippen molar-refractivity contribution < 1.29 is 9.72 Å². The molecular weight excluding hydrogens is 364 g/mol. The van der Waals surface area contributed by atoms with Crippen molar-refractivity contribution in [3.8, 4) is 0 Å². The van der Waals surface area contributed by atoms with Gasteiger partial charge in [0.1, 0.15) is 12.0 Å². The van der Waals surface area contributed by atoms with E-state index in [4.69, 9.17) is 17.3 Å². The minimum absolute atomic E-state index is 0.0970. The van der Waals surface area contributed by atoms with Crippen LogP contribution < -0.4 is 11.1 Å². The Morgan fingerprint density at radius 2 is 2.14 bits per heavy atom. The van der Waals surface area contributed by atoms with E-state index in [2.05, 4.69) is 26.2 Å². The van der Waals surface area contributed by atoms with Crippen LogP contribution in [0.2, 0.25) is 5.02 Å². The van der Waals surface area contributed by atoms with Gasteiger partial charge in [0.15, 0.2) is 0 Å². The van der Waals surface area contributed by atoms with Gasteiger partial charge in [0.2, 0.25) is 0 Å². The molecular formula is C12H8BrClN4O3. The van der Waals surface area contributed by atoms with Gasteiger partial charge < -0.3 is 11.1 Å². The largest absolute Gasteiger partial charge is 0.383 e. The fraction of sp³-hybridized carbons (Fsp3) is 0. The third-order valence-corrected chi connectivity index (χ3v) is 3.36. The lowest BCUT2D eigenvalue weighted by Crippen LogP contribution is -2.15. The first kappa shape index (κ1) is 15.2. The van der Waals surface area contributed by atoms with Gasteiger partial charge >= 0.3 is 0 Å². The van der Waals surface area contributed by atoms with Crippen molar-refractivity contribution in [3.05, 3.63) is 55.6 Å². The number of hydrogen-bond donors (Lipinski definition) is 2. The fourth-order valence-electron chi connectivity index (χ4n) is 1.53. The zero-order valence-electron chi connectivity index (χ0n) is 10.3. The van der Waals surface area contributed by atoms with E-state index in [0.29, 0.717) is 15.2 Å². The van der Waals surface area contributed by atoms with Crippen molar-refractivity contribution in [1.29, 1.82) is 0 Å². The molecule has 0 unspecified atom stereocenters. The number of rotatable bonds is 3. The van der Waals surface area contributed by atoms with Crippen LogP contribution in [0.5, 0.6) is 0 Å². The van der Waals surface area contributed by atoms with Gasteiger partial charge in [-0.2, -0.15) is 0 Å². The lowest BCUT2D eigenvalue weighted by Gasteiger charge is -2.09. The summed E-state index contributed by atoms with van der Waals surface area (Å²) in [5, 5.41) is 13.6. The number of nitrogens with one attached hydrogen (secondary N) is 1. The van der Waals surface area contributed by atoms with Crippen LogP contribution in [0, 0.1) is 10.1 Å². The number of amides is 1. The van der Waals surface area contributed by atoms with Gasteiger partial charge in [-0.1, -0.05) is 27.5 Å². The van der Waals surface area contributed by atoms with Crippen LogP contribution in [0.4, 0.5) is 17.2 Å². The first-order chi connectivity index (χ1) is 9.88. The molecule has 21 heavy (non-hydrogen) atoms. The number of aromatic nitrogens is 1. The molecule has 3 N–H and O–H groups in total. The number of carbonyl (C=O) groups is 1. The van der Waals surface area contributed by atoms with E-state index in [9.17, 15) is 14.9 Å². The van der Waals surface area contributed by atoms with Crippen molar-refractivity contribution in [2.45, 2.75) is 0 Å². The maximum absolute atomic E-state index is 12.1. The monoisotopic (exact) mass is 370 g/mol. The third kappa shape index (κ3) is 3.47. The van der Waals surface area contributed by atoms with Crippen molar-refractivity contribution in [2.24, 2.45) is 0 Å². The fourth-order valence-corrected chi connectivity index (χ4v) is 2.05. The predicted octanol–water partition coefficient (Wildman–Crippen LogP) is 3.24. The molecule has 1 aromatic heterocycles. The number of anilines is 2. The van der Waals surface area contributed by atoms with Crippen LogP contribution in [0.3, 0.4) is 0 Å². The second-order valence-electron chi connectivity index (χ2n) is 3.96. The molecule has 0 aliphatic heterocycles. The molecule has 1 amide bonds. The summed E-state index contributed by atoms with van der Waals surface area (Å²) < 4.78 is 0.715. The van der Waals surface area contributed by atoms with Crippen LogP contribution in [0.25, 0.3) is 0 Å². The van der Waals surface area contributed by atoms with Crippen LogP contribution in [-0.4, -0.2) is 15.8 Å². The van der Waals surface area contributed by atoms with Crippen LogP contribution >= 0.6 is 27.5 Å². The van der Waals surface area contributed by atoms with Crippen molar-refractivity contribution in [3.63, 3.8) is 0 Å². The smallest absolute Gasteiger partial charge is 0.288 e. The lowest BCUT2D eigenvalue weighted by molar-refractivity contribution is -0.385. The summed E-state index contributed by atoms with van der Waals surface area (Å²) in [6, 6.07) is 5.96. The molecule has 0 aliphatic rings. The molecule has 0 atom stereocenters. The zero-order valence-corrected chi connectivity index (χ0v) is 12.7. The van der Waals surface area contributed by atoms with E-state index in [-0.39, 0.29) is 17.1 Å². The van der Waals surface area contributed by atoms with Crippen LogP contribution in [0.15, 0.2) is 34.9 Å². The first-order valence-electron chi connectivity index (χ1n) is 5.55. The number of hydrogen-bond acceptors (Lipinski definition) is 5. The van der Waals surface area contributed by atoms with Crippen molar-refractivity contribution >= 4 is 50.6 Å². The average molecular weight is 372 g/mol. The topological polar surface area (TPSA) is 111 Å². The molecule has 0 aliphatic carbocycles. The Kier molecular flexibility index (Phi) is 4.39. The van der Waals surface area contributed by atoms with Crippen molar-refractivity contribution in [2.75, 3.05) is 11.1 Å². The normalized spacial score (nSPS) is 10.2. The van der Waals surface area contributed by atoms with Gasteiger partial charge in [-0.05, 0) is 18.2 Å². The number of nitrogen functional groups attached to an aromatic ring is 1. The minimum Gasteiger partial charge on any atom is -0.383 e. The molecule has 108 valence electrons. The van der Waals surface area contributed by atoms with E-state index in [0.717, 1.165) is 12.3 Å². The van der Waals surface area contributed by atoms with E-state index >= 15 is 0 Å². The highest BCUT2D eigenvalue weighted by Gasteiger charge is 2.17. The van der Waals surface area contributed by atoms with E-state index in [1.807, 2.05) is 0 Å². The Morgan fingerprint density at radius 1 is 1.43 bits per heavy atom. The van der Waals surface area contributed by atoms with E-state index in [1.165, 1.54) is 0 Å². The lowest BCUT2D eigenvalue weighted by atomic mass is 10.2. The summed E-state index contributed by atoms with van der Waals surface area (Å²) in [5.74, 6) is -0.743. The number of nitrogens with zero attached hydrogens (tertiary/aromatic N) is 2. The summed E-state index contributed by atoms with van der Waals surface area (Å²) in [7, 11) is 0. The summed E-state index contributed by atoms with van der Waals surface area (Å²) in [6.07, 6.45) is 0.984. The summed E-state index contributed by atoms with van der Waals surface area (Å²) in [6.45, 7) is 0. The molecule has 7 nitrogen and oxygen atoms in total. The Bertz CT molecular complexity index is 738. The first-order valence-corrected chi connectivity index (χ1v) is 6.72. The predicted molar refractivity (Wildman–Crippen MR) is 82.4 cm³/mol. The molecule has 9 heteroatoms. The van der Waals surface area contributed by atoms with Gasteiger partial charge in [-0.25, -0.2) is 4.98 Å². The molecule has 1 heterocycles. The number of carbonyl (C=O) groups excluding carboxylic acids is 1. The van der Waals surface area contributed by atoms with Crippen LogP contribution in [-0.2, 0) is 0 Å². The quantitative estimate of drug-likeness (QED) is 0.635. The number of halogens is 2. The maximum atomic E-state index is 12.1. The van der Waals surface area contributed by atoms with E-state index < -0.39 is 10.8 Å². The van der Waals surface area contributed by atoms with Crippen molar-refractivity contribution in [1.82, 2.24) is 4.98 Å².